The van der Waals surface area contributed by atoms with Crippen LogP contribution in [0, 0.1) is 5.82 Å². The maximum absolute atomic E-state index is 14.3. The number of thiophene rings is 1. The maximum atomic E-state index is 14.3. The second-order valence-electron chi connectivity index (χ2n) is 4.09. The van der Waals surface area contributed by atoms with E-state index in [2.05, 4.69) is 9.97 Å². The van der Waals surface area contributed by atoms with Crippen LogP contribution in [0.25, 0.3) is 10.2 Å². The molecule has 0 atom stereocenters. The van der Waals surface area contributed by atoms with E-state index in [-0.39, 0.29) is 4.83 Å². The number of rotatable bonds is 2. The van der Waals surface area contributed by atoms with E-state index in [0.29, 0.717) is 5.39 Å². The zero-order chi connectivity index (χ0) is 14.3. The molecule has 0 fully saturated rings. The van der Waals surface area contributed by atoms with Crippen LogP contribution < -0.4 is 0 Å². The second-order valence-corrected chi connectivity index (χ2v) is 4.99. The van der Waals surface area contributed by atoms with Gasteiger partial charge in [-0.25, -0.2) is 9.37 Å². The summed E-state index contributed by atoms with van der Waals surface area (Å²) in [6.45, 7) is 0. The van der Waals surface area contributed by atoms with Crippen LogP contribution >= 0.6 is 11.3 Å². The summed E-state index contributed by atoms with van der Waals surface area (Å²) in [5, 5.41) is 11.6. The van der Waals surface area contributed by atoms with Crippen LogP contribution in [0.4, 0.5) is 13.2 Å². The summed E-state index contributed by atoms with van der Waals surface area (Å²) in [6.07, 6.45) is 0. The van der Waals surface area contributed by atoms with E-state index >= 15 is 0 Å². The van der Waals surface area contributed by atoms with Crippen LogP contribution in [0.15, 0.2) is 35.7 Å². The Morgan fingerprint density at radius 2 is 1.75 bits per heavy atom. The first kappa shape index (κ1) is 12.9. The van der Waals surface area contributed by atoms with E-state index in [1.54, 1.807) is 11.4 Å². The van der Waals surface area contributed by atoms with E-state index in [4.69, 9.17) is 0 Å². The smallest absolute Gasteiger partial charge is 0.331 e. The van der Waals surface area contributed by atoms with Crippen molar-refractivity contribution in [3.63, 3.8) is 0 Å². The van der Waals surface area contributed by atoms with Gasteiger partial charge in [0.25, 0.3) is 0 Å². The zero-order valence-electron chi connectivity index (χ0n) is 9.85. The predicted octanol–water partition coefficient (Wildman–Crippen LogP) is 3.68. The fraction of sp³-hybridized carbons (Fsp3) is 0.0769. The molecule has 0 saturated carbocycles. The average Bonchev–Trinajstić information content (AvgIpc) is 2.88. The Hall–Kier alpha value is -2.15. The third-order valence-electron chi connectivity index (χ3n) is 2.79. The summed E-state index contributed by atoms with van der Waals surface area (Å²) in [6, 6.07) is 5.36. The first-order valence-electron chi connectivity index (χ1n) is 5.57. The summed E-state index contributed by atoms with van der Waals surface area (Å²) in [4.78, 5) is 7.49. The molecule has 0 aliphatic rings. The Kier molecular flexibility index (Phi) is 2.86. The standard InChI is InChI=1S/C13H7F3N2OS/c14-8-3-1-7(2-4-8)13(15,16)12-17-10(19)9-5-6-20-11(9)18-12/h1-6H,(H,17,18,19). The van der Waals surface area contributed by atoms with Gasteiger partial charge in [0, 0.05) is 5.56 Å². The number of aromatic hydroxyl groups is 1. The van der Waals surface area contributed by atoms with Crippen molar-refractivity contribution >= 4 is 21.6 Å². The quantitative estimate of drug-likeness (QED) is 0.784. The minimum atomic E-state index is -3.51. The van der Waals surface area contributed by atoms with Crippen molar-refractivity contribution in [3.05, 3.63) is 52.9 Å². The van der Waals surface area contributed by atoms with E-state index in [1.165, 1.54) is 0 Å². The maximum Gasteiger partial charge on any atom is 0.331 e. The molecule has 1 N–H and O–H groups in total. The summed E-state index contributed by atoms with van der Waals surface area (Å²) in [7, 11) is 0. The molecule has 3 rings (SSSR count). The first-order valence-corrected chi connectivity index (χ1v) is 6.45. The summed E-state index contributed by atoms with van der Waals surface area (Å²) in [5.74, 6) is -5.42. The van der Waals surface area contributed by atoms with Crippen LogP contribution in [0.5, 0.6) is 5.88 Å². The highest BCUT2D eigenvalue weighted by atomic mass is 32.1. The molecule has 7 heteroatoms. The SMILES string of the molecule is Oc1nc(C(F)(F)c2ccc(F)cc2)nc2sccc12. The van der Waals surface area contributed by atoms with Crippen molar-refractivity contribution in [2.45, 2.75) is 5.92 Å². The van der Waals surface area contributed by atoms with E-state index in [9.17, 15) is 18.3 Å². The minimum Gasteiger partial charge on any atom is -0.493 e. The molecule has 0 aliphatic heterocycles. The number of nitrogens with zero attached hydrogens (tertiary/aromatic N) is 2. The summed E-state index contributed by atoms with van der Waals surface area (Å²) < 4.78 is 41.4. The molecule has 0 spiro atoms. The number of benzene rings is 1. The third-order valence-corrected chi connectivity index (χ3v) is 3.60. The fourth-order valence-electron chi connectivity index (χ4n) is 1.77. The van der Waals surface area contributed by atoms with Crippen molar-refractivity contribution in [2.75, 3.05) is 0 Å². The van der Waals surface area contributed by atoms with Crippen LogP contribution in [0.3, 0.4) is 0 Å². The number of hydrogen-bond donors (Lipinski definition) is 1. The molecular formula is C13H7F3N2OS. The Morgan fingerprint density at radius 3 is 2.45 bits per heavy atom. The highest BCUT2D eigenvalue weighted by molar-refractivity contribution is 7.16. The highest BCUT2D eigenvalue weighted by Gasteiger charge is 2.38. The topological polar surface area (TPSA) is 46.0 Å². The number of alkyl halides is 2. The van der Waals surface area contributed by atoms with Crippen molar-refractivity contribution in [1.29, 1.82) is 0 Å². The predicted molar refractivity (Wildman–Crippen MR) is 68.5 cm³/mol. The molecule has 1 aromatic carbocycles. The Labute approximate surface area is 115 Å². The van der Waals surface area contributed by atoms with Gasteiger partial charge in [0.15, 0.2) is 0 Å². The summed E-state index contributed by atoms with van der Waals surface area (Å²) >= 11 is 1.12. The van der Waals surface area contributed by atoms with Crippen molar-refractivity contribution in [2.24, 2.45) is 0 Å². The lowest BCUT2D eigenvalue weighted by molar-refractivity contribution is 0.0326. The Bertz CT molecular complexity index is 771. The van der Waals surface area contributed by atoms with Crippen LogP contribution in [0.1, 0.15) is 11.4 Å². The van der Waals surface area contributed by atoms with Gasteiger partial charge in [0.05, 0.1) is 5.39 Å². The van der Waals surface area contributed by atoms with Crippen molar-refractivity contribution in [3.8, 4) is 5.88 Å². The third kappa shape index (κ3) is 2.00. The first-order chi connectivity index (χ1) is 9.48. The molecule has 0 aliphatic carbocycles. The molecule has 3 aromatic rings. The molecule has 0 saturated heterocycles. The molecule has 0 bridgehead atoms. The molecule has 20 heavy (non-hydrogen) atoms. The zero-order valence-corrected chi connectivity index (χ0v) is 10.7. The average molecular weight is 296 g/mol. The van der Waals surface area contributed by atoms with Gasteiger partial charge < -0.3 is 5.11 Å². The van der Waals surface area contributed by atoms with Crippen LogP contribution in [-0.4, -0.2) is 15.1 Å². The number of aromatic nitrogens is 2. The molecule has 0 unspecified atom stereocenters. The molecule has 2 heterocycles. The van der Waals surface area contributed by atoms with Crippen molar-refractivity contribution in [1.82, 2.24) is 9.97 Å². The van der Waals surface area contributed by atoms with Crippen LogP contribution in [-0.2, 0) is 5.92 Å². The molecule has 2 aromatic heterocycles. The van der Waals surface area contributed by atoms with E-state index < -0.39 is 29.0 Å². The number of hydrogen-bond acceptors (Lipinski definition) is 4. The lowest BCUT2D eigenvalue weighted by Gasteiger charge is -2.15. The molecular weight excluding hydrogens is 289 g/mol. The Balaban J connectivity index is 2.14. The van der Waals surface area contributed by atoms with Crippen LogP contribution in [0.2, 0.25) is 0 Å². The van der Waals surface area contributed by atoms with E-state index in [1.807, 2.05) is 0 Å². The van der Waals surface area contributed by atoms with E-state index in [0.717, 1.165) is 35.6 Å². The largest absolute Gasteiger partial charge is 0.493 e. The lowest BCUT2D eigenvalue weighted by Crippen LogP contribution is -2.19. The van der Waals surface area contributed by atoms with Gasteiger partial charge >= 0.3 is 5.92 Å². The van der Waals surface area contributed by atoms with Gasteiger partial charge in [-0.2, -0.15) is 13.8 Å². The summed E-state index contributed by atoms with van der Waals surface area (Å²) in [5.41, 5.74) is -0.436. The fourth-order valence-corrected chi connectivity index (χ4v) is 2.53. The van der Waals surface area contributed by atoms with Gasteiger partial charge in [-0.05, 0) is 35.7 Å². The Morgan fingerprint density at radius 1 is 1.05 bits per heavy atom. The van der Waals surface area contributed by atoms with Gasteiger partial charge in [0.1, 0.15) is 10.6 Å². The number of halogens is 3. The highest BCUT2D eigenvalue weighted by Crippen LogP contribution is 2.36. The second kappa shape index (κ2) is 4.45. The van der Waals surface area contributed by atoms with Gasteiger partial charge in [-0.15, -0.1) is 11.3 Å². The van der Waals surface area contributed by atoms with Gasteiger partial charge in [-0.3, -0.25) is 0 Å². The molecule has 102 valence electrons. The molecule has 0 radical (unpaired) electrons. The van der Waals surface area contributed by atoms with Gasteiger partial charge in [0.2, 0.25) is 11.7 Å². The molecule has 0 amide bonds. The van der Waals surface area contributed by atoms with Gasteiger partial charge in [-0.1, -0.05) is 0 Å². The number of fused-ring (bicyclic) bond motifs is 1. The van der Waals surface area contributed by atoms with Crippen molar-refractivity contribution < 1.29 is 18.3 Å². The lowest BCUT2D eigenvalue weighted by atomic mass is 10.1. The normalized spacial score (nSPS) is 11.9. The minimum absolute atomic E-state index is 0.272. The molecule has 3 nitrogen and oxygen atoms in total. The monoisotopic (exact) mass is 296 g/mol.